The maximum Gasteiger partial charge on any atom is 0.302 e. The van der Waals surface area contributed by atoms with Crippen LogP contribution in [-0.4, -0.2) is 16.2 Å². The molecule has 3 heteroatoms. The highest BCUT2D eigenvalue weighted by molar-refractivity contribution is 5.81. The maximum atomic E-state index is 6.34. The molecule has 0 saturated heterocycles. The number of unbranched alkanes of at least 4 members (excludes halogenated alkanes) is 6. The van der Waals surface area contributed by atoms with Gasteiger partial charge in [0.25, 0.3) is 0 Å². The molecule has 0 radical (unpaired) electrons. The molecule has 0 unspecified atom stereocenters. The molecule has 0 aliphatic carbocycles. The van der Waals surface area contributed by atoms with Gasteiger partial charge in [-0.3, -0.25) is 4.57 Å². The predicted molar refractivity (Wildman–Crippen MR) is 138 cm³/mol. The maximum absolute atomic E-state index is 6.34. The summed E-state index contributed by atoms with van der Waals surface area (Å²) in [6.07, 6.45) is 8.83. The summed E-state index contributed by atoms with van der Waals surface area (Å²) in [6, 6.07) is 31.9. The highest BCUT2D eigenvalue weighted by Crippen LogP contribution is 2.37. The van der Waals surface area contributed by atoms with E-state index in [0.717, 1.165) is 34.6 Å². The molecule has 0 spiro atoms. The van der Waals surface area contributed by atoms with E-state index in [2.05, 4.69) is 84.3 Å². The van der Waals surface area contributed by atoms with Crippen molar-refractivity contribution in [2.75, 3.05) is 6.61 Å². The Morgan fingerprint density at radius 2 is 1.18 bits per heavy atom. The molecule has 3 nitrogen and oxygen atoms in total. The van der Waals surface area contributed by atoms with Crippen molar-refractivity contribution < 1.29 is 4.74 Å². The fourth-order valence-corrected chi connectivity index (χ4v) is 4.20. The molecule has 3 aromatic carbocycles. The van der Waals surface area contributed by atoms with Crippen LogP contribution in [0.2, 0.25) is 0 Å². The summed E-state index contributed by atoms with van der Waals surface area (Å²) >= 11 is 0. The monoisotopic (exact) mass is 438 g/mol. The van der Waals surface area contributed by atoms with Crippen molar-refractivity contribution in [2.24, 2.45) is 0 Å². The lowest BCUT2D eigenvalue weighted by Crippen LogP contribution is -2.05. The van der Waals surface area contributed by atoms with E-state index in [1.807, 2.05) is 18.2 Å². The summed E-state index contributed by atoms with van der Waals surface area (Å²) < 4.78 is 8.50. The summed E-state index contributed by atoms with van der Waals surface area (Å²) in [7, 11) is 0. The zero-order valence-electron chi connectivity index (χ0n) is 19.6. The summed E-state index contributed by atoms with van der Waals surface area (Å²) in [5.74, 6) is 0. The van der Waals surface area contributed by atoms with Crippen LogP contribution < -0.4 is 4.74 Å². The van der Waals surface area contributed by atoms with Gasteiger partial charge in [0.15, 0.2) is 0 Å². The first kappa shape index (κ1) is 22.8. The standard InChI is InChI=1S/C30H34N2O/c1-2-3-4-5-6-7-17-24-33-30-31-28(25-18-11-8-12-19-25)29(26-20-13-9-14-21-26)32(30)27-22-15-10-16-23-27/h8-16,18-23H,2-7,17,24H2,1H3. The number of imidazole rings is 1. The van der Waals surface area contributed by atoms with Gasteiger partial charge in [0.2, 0.25) is 0 Å². The largest absolute Gasteiger partial charge is 0.464 e. The van der Waals surface area contributed by atoms with Gasteiger partial charge in [-0.15, -0.1) is 0 Å². The van der Waals surface area contributed by atoms with E-state index in [4.69, 9.17) is 9.72 Å². The topological polar surface area (TPSA) is 27.1 Å². The molecular formula is C30H34N2O. The lowest BCUT2D eigenvalue weighted by atomic mass is 10.0. The molecule has 0 saturated carbocycles. The highest BCUT2D eigenvalue weighted by atomic mass is 16.5. The first-order valence-corrected chi connectivity index (χ1v) is 12.3. The second-order valence-corrected chi connectivity index (χ2v) is 8.46. The third-order valence-corrected chi connectivity index (χ3v) is 5.93. The van der Waals surface area contributed by atoms with Gasteiger partial charge in [-0.2, -0.15) is 4.98 Å². The van der Waals surface area contributed by atoms with E-state index in [1.54, 1.807) is 0 Å². The van der Waals surface area contributed by atoms with Crippen LogP contribution in [0.4, 0.5) is 0 Å². The normalized spacial score (nSPS) is 10.9. The van der Waals surface area contributed by atoms with Crippen LogP contribution >= 0.6 is 0 Å². The smallest absolute Gasteiger partial charge is 0.302 e. The van der Waals surface area contributed by atoms with E-state index in [-0.39, 0.29) is 0 Å². The highest BCUT2D eigenvalue weighted by Gasteiger charge is 2.22. The van der Waals surface area contributed by atoms with Crippen molar-refractivity contribution in [2.45, 2.75) is 51.9 Å². The van der Waals surface area contributed by atoms with E-state index >= 15 is 0 Å². The van der Waals surface area contributed by atoms with Crippen LogP contribution in [0, 0.1) is 0 Å². The third kappa shape index (κ3) is 5.92. The lowest BCUT2D eigenvalue weighted by molar-refractivity contribution is 0.278. The molecule has 1 heterocycles. The first-order valence-electron chi connectivity index (χ1n) is 12.3. The SMILES string of the molecule is CCCCCCCCCOc1nc(-c2ccccc2)c(-c2ccccc2)n1-c1ccccc1. The van der Waals surface area contributed by atoms with Crippen molar-refractivity contribution >= 4 is 0 Å². The minimum Gasteiger partial charge on any atom is -0.464 e. The van der Waals surface area contributed by atoms with Crippen molar-refractivity contribution in [3.05, 3.63) is 91.0 Å². The third-order valence-electron chi connectivity index (χ3n) is 5.93. The number of rotatable bonds is 12. The molecule has 0 atom stereocenters. The van der Waals surface area contributed by atoms with E-state index in [1.165, 1.54) is 38.5 Å². The summed E-state index contributed by atoms with van der Waals surface area (Å²) in [5, 5.41) is 0. The van der Waals surface area contributed by atoms with E-state index < -0.39 is 0 Å². The molecular weight excluding hydrogens is 404 g/mol. The molecule has 4 aromatic rings. The molecule has 0 amide bonds. The van der Waals surface area contributed by atoms with Gasteiger partial charge in [-0.05, 0) is 18.6 Å². The van der Waals surface area contributed by atoms with Crippen molar-refractivity contribution in [3.8, 4) is 34.2 Å². The van der Waals surface area contributed by atoms with Crippen LogP contribution in [-0.2, 0) is 0 Å². The predicted octanol–water partition coefficient (Wildman–Crippen LogP) is 8.34. The van der Waals surface area contributed by atoms with Gasteiger partial charge in [-0.1, -0.05) is 124 Å². The van der Waals surface area contributed by atoms with Crippen LogP contribution in [0.5, 0.6) is 6.01 Å². The molecule has 170 valence electrons. The summed E-state index contributed by atoms with van der Waals surface area (Å²) in [6.45, 7) is 2.94. The van der Waals surface area contributed by atoms with Crippen LogP contribution in [0.1, 0.15) is 51.9 Å². The van der Waals surface area contributed by atoms with Gasteiger partial charge in [0, 0.05) is 11.1 Å². The quantitative estimate of drug-likeness (QED) is 0.208. The zero-order valence-corrected chi connectivity index (χ0v) is 19.6. The Bertz CT molecular complexity index is 1090. The zero-order chi connectivity index (χ0) is 22.7. The second kappa shape index (κ2) is 12.1. The molecule has 0 aliphatic heterocycles. The summed E-state index contributed by atoms with van der Waals surface area (Å²) in [4.78, 5) is 5.03. The molecule has 0 bridgehead atoms. The first-order chi connectivity index (χ1) is 16.4. The fourth-order valence-electron chi connectivity index (χ4n) is 4.20. The molecule has 0 aliphatic rings. The number of benzene rings is 3. The Balaban J connectivity index is 1.65. The molecule has 0 fully saturated rings. The second-order valence-electron chi connectivity index (χ2n) is 8.46. The summed E-state index contributed by atoms with van der Waals surface area (Å²) in [5.41, 5.74) is 5.27. The van der Waals surface area contributed by atoms with Crippen LogP contribution in [0.3, 0.4) is 0 Å². The van der Waals surface area contributed by atoms with Crippen LogP contribution in [0.15, 0.2) is 91.0 Å². The van der Waals surface area contributed by atoms with Crippen molar-refractivity contribution in [1.29, 1.82) is 0 Å². The van der Waals surface area contributed by atoms with E-state index in [0.29, 0.717) is 12.6 Å². The number of para-hydroxylation sites is 1. The Hall–Kier alpha value is -3.33. The van der Waals surface area contributed by atoms with Gasteiger partial charge in [0.05, 0.1) is 18.0 Å². The fraction of sp³-hybridized carbons (Fsp3) is 0.300. The number of nitrogens with zero attached hydrogens (tertiary/aromatic N) is 2. The minimum absolute atomic E-state index is 0.657. The van der Waals surface area contributed by atoms with Crippen LogP contribution in [0.25, 0.3) is 28.2 Å². The number of ether oxygens (including phenoxy) is 1. The molecule has 0 N–H and O–H groups in total. The van der Waals surface area contributed by atoms with E-state index in [9.17, 15) is 0 Å². The number of hydrogen-bond donors (Lipinski definition) is 0. The molecule has 4 rings (SSSR count). The van der Waals surface area contributed by atoms with Gasteiger partial charge in [-0.25, -0.2) is 0 Å². The number of hydrogen-bond acceptors (Lipinski definition) is 2. The van der Waals surface area contributed by atoms with Gasteiger partial charge >= 0.3 is 6.01 Å². The average Bonchev–Trinajstić information content (AvgIpc) is 3.27. The lowest BCUT2D eigenvalue weighted by Gasteiger charge is -2.13. The molecule has 1 aromatic heterocycles. The van der Waals surface area contributed by atoms with Crippen molar-refractivity contribution in [3.63, 3.8) is 0 Å². The number of aromatic nitrogens is 2. The molecule has 33 heavy (non-hydrogen) atoms. The van der Waals surface area contributed by atoms with Crippen molar-refractivity contribution in [1.82, 2.24) is 9.55 Å². The Morgan fingerprint density at radius 1 is 0.636 bits per heavy atom. The Kier molecular flexibility index (Phi) is 8.35. The van der Waals surface area contributed by atoms with Gasteiger partial charge in [0.1, 0.15) is 5.69 Å². The Labute approximate surface area is 198 Å². The average molecular weight is 439 g/mol. The van der Waals surface area contributed by atoms with Gasteiger partial charge < -0.3 is 4.74 Å². The Morgan fingerprint density at radius 3 is 1.82 bits per heavy atom. The minimum atomic E-state index is 0.657.